The number of nitrogens with zero attached hydrogens (tertiary/aromatic N) is 2. The van der Waals surface area contributed by atoms with Gasteiger partial charge >= 0.3 is 0 Å². The van der Waals surface area contributed by atoms with E-state index in [-0.39, 0.29) is 18.7 Å². The minimum atomic E-state index is -0.518. The molecule has 1 aromatic rings. The molecule has 1 aliphatic rings. The number of nitro groups is 1. The monoisotopic (exact) mass is 410 g/mol. The molecule has 1 unspecified atom stereocenters. The molecule has 1 N–H and O–H groups in total. The van der Waals surface area contributed by atoms with E-state index in [2.05, 4.69) is 26.5 Å². The van der Waals surface area contributed by atoms with E-state index in [4.69, 9.17) is 5.11 Å². The van der Waals surface area contributed by atoms with Crippen molar-refractivity contribution in [1.29, 1.82) is 0 Å². The summed E-state index contributed by atoms with van der Waals surface area (Å²) in [6.07, 6.45) is 3.30. The van der Waals surface area contributed by atoms with Crippen LogP contribution in [-0.2, 0) is 0 Å². The maximum absolute atomic E-state index is 14.0. The molecule has 0 bridgehead atoms. The summed E-state index contributed by atoms with van der Waals surface area (Å²) in [7, 11) is 0. The van der Waals surface area contributed by atoms with Crippen LogP contribution >= 0.6 is 12.6 Å². The highest BCUT2D eigenvalue weighted by atomic mass is 32.1. The SMILES string of the molecule is CCN(CCC(C)CCO)C1=C(F)C=C([N+](=O)[O-])CC1.Cc1ccc(S)cc1. The highest BCUT2D eigenvalue weighted by Crippen LogP contribution is 2.28. The zero-order chi connectivity index (χ0) is 21.1. The second kappa shape index (κ2) is 12.6. The Morgan fingerprint density at radius 3 is 2.39 bits per heavy atom. The largest absolute Gasteiger partial charge is 0.396 e. The summed E-state index contributed by atoms with van der Waals surface area (Å²) in [4.78, 5) is 13.1. The maximum Gasteiger partial charge on any atom is 0.249 e. The molecular formula is C21H31FN2O3S. The average molecular weight is 411 g/mol. The molecule has 0 saturated carbocycles. The second-order valence-corrected chi connectivity index (χ2v) is 7.53. The van der Waals surface area contributed by atoms with Crippen molar-refractivity contribution in [3.8, 4) is 0 Å². The van der Waals surface area contributed by atoms with Gasteiger partial charge in [-0.3, -0.25) is 10.1 Å². The predicted molar refractivity (Wildman–Crippen MR) is 114 cm³/mol. The Bertz CT molecular complexity index is 668. The summed E-state index contributed by atoms with van der Waals surface area (Å²) in [5.74, 6) is -0.106. The van der Waals surface area contributed by atoms with Gasteiger partial charge in [0.2, 0.25) is 5.70 Å². The predicted octanol–water partition coefficient (Wildman–Crippen LogP) is 5.14. The Hall–Kier alpha value is -1.86. The van der Waals surface area contributed by atoms with Crippen LogP contribution < -0.4 is 0 Å². The van der Waals surface area contributed by atoms with Gasteiger partial charge in [-0.2, -0.15) is 0 Å². The molecule has 28 heavy (non-hydrogen) atoms. The molecule has 156 valence electrons. The number of hydrogen-bond acceptors (Lipinski definition) is 5. The van der Waals surface area contributed by atoms with Gasteiger partial charge in [-0.25, -0.2) is 4.39 Å². The molecule has 0 amide bonds. The molecule has 0 fully saturated rings. The molecule has 0 radical (unpaired) electrons. The Morgan fingerprint density at radius 1 is 1.29 bits per heavy atom. The molecule has 0 spiro atoms. The fourth-order valence-electron chi connectivity index (χ4n) is 2.89. The first-order valence-electron chi connectivity index (χ1n) is 9.63. The van der Waals surface area contributed by atoms with Gasteiger partial charge in [-0.05, 0) is 44.7 Å². The van der Waals surface area contributed by atoms with Crippen LogP contribution in [0.3, 0.4) is 0 Å². The number of allylic oxidation sites excluding steroid dienone is 4. The third kappa shape index (κ3) is 8.44. The summed E-state index contributed by atoms with van der Waals surface area (Å²) in [6.45, 7) is 7.62. The lowest BCUT2D eigenvalue weighted by molar-refractivity contribution is -0.428. The lowest BCUT2D eigenvalue weighted by Crippen LogP contribution is -2.27. The Morgan fingerprint density at radius 2 is 1.93 bits per heavy atom. The first-order valence-corrected chi connectivity index (χ1v) is 10.1. The first-order chi connectivity index (χ1) is 13.3. The smallest absolute Gasteiger partial charge is 0.249 e. The molecule has 7 heteroatoms. The molecular weight excluding hydrogens is 379 g/mol. The van der Waals surface area contributed by atoms with Crippen LogP contribution in [0.2, 0.25) is 0 Å². The van der Waals surface area contributed by atoms with Crippen LogP contribution in [-0.4, -0.2) is 34.6 Å². The highest BCUT2D eigenvalue weighted by Gasteiger charge is 2.23. The van der Waals surface area contributed by atoms with E-state index < -0.39 is 10.8 Å². The third-order valence-electron chi connectivity index (χ3n) is 4.73. The van der Waals surface area contributed by atoms with Gasteiger partial charge in [0.15, 0.2) is 0 Å². The second-order valence-electron chi connectivity index (χ2n) is 7.01. The fraction of sp³-hybridized carbons (Fsp3) is 0.524. The van der Waals surface area contributed by atoms with Crippen molar-refractivity contribution in [2.24, 2.45) is 5.92 Å². The van der Waals surface area contributed by atoms with E-state index in [0.717, 1.165) is 23.8 Å². The van der Waals surface area contributed by atoms with Crippen molar-refractivity contribution in [3.05, 3.63) is 63.2 Å². The van der Waals surface area contributed by atoms with Crippen molar-refractivity contribution in [2.45, 2.75) is 51.3 Å². The van der Waals surface area contributed by atoms with Crippen molar-refractivity contribution in [3.63, 3.8) is 0 Å². The molecule has 5 nitrogen and oxygen atoms in total. The number of aryl methyl sites for hydroxylation is 1. The summed E-state index contributed by atoms with van der Waals surface area (Å²) in [5.41, 5.74) is 1.79. The minimum Gasteiger partial charge on any atom is -0.396 e. The maximum atomic E-state index is 14.0. The summed E-state index contributed by atoms with van der Waals surface area (Å²) in [5, 5.41) is 19.5. The number of thiol groups is 1. The summed E-state index contributed by atoms with van der Waals surface area (Å²) >= 11 is 4.13. The molecule has 0 aliphatic heterocycles. The Balaban J connectivity index is 0.000000406. The molecule has 1 aliphatic carbocycles. The molecule has 0 aromatic heterocycles. The number of aliphatic hydroxyl groups is 1. The zero-order valence-corrected chi connectivity index (χ0v) is 17.8. The number of aliphatic hydroxyl groups excluding tert-OH is 1. The van der Waals surface area contributed by atoms with Gasteiger partial charge in [-0.1, -0.05) is 24.6 Å². The highest BCUT2D eigenvalue weighted by molar-refractivity contribution is 7.80. The van der Waals surface area contributed by atoms with E-state index >= 15 is 0 Å². The van der Waals surface area contributed by atoms with E-state index in [1.54, 1.807) is 0 Å². The molecule has 0 saturated heterocycles. The van der Waals surface area contributed by atoms with E-state index in [9.17, 15) is 14.5 Å². The summed E-state index contributed by atoms with van der Waals surface area (Å²) < 4.78 is 14.0. The van der Waals surface area contributed by atoms with E-state index in [1.165, 1.54) is 5.56 Å². The lowest BCUT2D eigenvalue weighted by atomic mass is 10.0. The van der Waals surface area contributed by atoms with Crippen LogP contribution in [0.4, 0.5) is 4.39 Å². The van der Waals surface area contributed by atoms with Gasteiger partial charge in [0, 0.05) is 43.5 Å². The topological polar surface area (TPSA) is 66.6 Å². The standard InChI is InChI=1S/C14H23FN2O3.C7H8S/c1-3-16(8-6-11(2)7-9-18)14-5-4-12(17(19)20)10-13(14)15;1-6-2-4-7(8)5-3-6/h10-11,18H,3-9H2,1-2H3;2-5,8H,1H3. The Kier molecular flexibility index (Phi) is 10.9. The average Bonchev–Trinajstić information content (AvgIpc) is 2.66. The van der Waals surface area contributed by atoms with Gasteiger partial charge in [-0.15, -0.1) is 12.6 Å². The zero-order valence-electron chi connectivity index (χ0n) is 16.9. The number of benzene rings is 1. The normalized spacial score (nSPS) is 14.7. The number of rotatable bonds is 8. The third-order valence-corrected chi connectivity index (χ3v) is 5.03. The minimum absolute atomic E-state index is 0.0593. The van der Waals surface area contributed by atoms with E-state index in [1.807, 2.05) is 36.1 Å². The molecule has 0 heterocycles. The first kappa shape index (κ1) is 24.2. The van der Waals surface area contributed by atoms with Crippen LogP contribution in [0.25, 0.3) is 0 Å². The van der Waals surface area contributed by atoms with E-state index in [0.29, 0.717) is 31.1 Å². The van der Waals surface area contributed by atoms with Crippen LogP contribution in [0, 0.1) is 23.0 Å². The van der Waals surface area contributed by atoms with Gasteiger partial charge in [0.1, 0.15) is 5.83 Å². The Labute approximate surface area is 172 Å². The number of halogens is 1. The van der Waals surface area contributed by atoms with Gasteiger partial charge < -0.3 is 10.0 Å². The quantitative estimate of drug-likeness (QED) is 0.354. The van der Waals surface area contributed by atoms with Gasteiger partial charge in [0.25, 0.3) is 0 Å². The molecule has 1 aromatic carbocycles. The van der Waals surface area contributed by atoms with Crippen molar-refractivity contribution >= 4 is 12.6 Å². The fourth-order valence-corrected chi connectivity index (χ4v) is 3.04. The lowest BCUT2D eigenvalue weighted by Gasteiger charge is -2.28. The van der Waals surface area contributed by atoms with Crippen LogP contribution in [0.1, 0.15) is 45.1 Å². The van der Waals surface area contributed by atoms with Crippen LogP contribution in [0.5, 0.6) is 0 Å². The van der Waals surface area contributed by atoms with Crippen LogP contribution in [0.15, 0.2) is 52.5 Å². The molecule has 2 rings (SSSR count). The van der Waals surface area contributed by atoms with Crippen molar-refractivity contribution in [1.82, 2.24) is 4.90 Å². The van der Waals surface area contributed by atoms with Gasteiger partial charge in [0.05, 0.1) is 10.6 Å². The van der Waals surface area contributed by atoms with Crippen molar-refractivity contribution in [2.75, 3.05) is 19.7 Å². The van der Waals surface area contributed by atoms with Crippen molar-refractivity contribution < 1.29 is 14.4 Å². The molecule has 1 atom stereocenters. The number of hydrogen-bond donors (Lipinski definition) is 2. The summed E-state index contributed by atoms with van der Waals surface area (Å²) in [6, 6.07) is 8.06.